The normalized spacial score (nSPS) is 12.6. The number of hydrogen-bond acceptors (Lipinski definition) is 8. The van der Waals surface area contributed by atoms with Gasteiger partial charge in [-0.05, 0) is 55.0 Å². The van der Waals surface area contributed by atoms with Crippen LogP contribution >= 0.6 is 0 Å². The van der Waals surface area contributed by atoms with Crippen molar-refractivity contribution in [2.75, 3.05) is 25.6 Å². The summed E-state index contributed by atoms with van der Waals surface area (Å²) in [6.45, 7) is 1.35. The Hall–Kier alpha value is -3.73. The highest BCUT2D eigenvalue weighted by Gasteiger charge is 2.26. The van der Waals surface area contributed by atoms with Crippen LogP contribution in [-0.2, 0) is 14.3 Å². The first-order chi connectivity index (χ1) is 15.9. The van der Waals surface area contributed by atoms with Gasteiger partial charge >= 0.3 is 6.09 Å². The van der Waals surface area contributed by atoms with E-state index in [0.29, 0.717) is 22.6 Å². The molecule has 0 aliphatic carbocycles. The van der Waals surface area contributed by atoms with E-state index >= 15 is 0 Å². The number of hydrogen-bond donors (Lipinski definition) is 4. The predicted octanol–water partition coefficient (Wildman–Crippen LogP) is 2.63. The summed E-state index contributed by atoms with van der Waals surface area (Å²) in [5, 5.41) is 20.3. The van der Waals surface area contributed by atoms with Gasteiger partial charge in [0.25, 0.3) is 5.91 Å². The summed E-state index contributed by atoms with van der Waals surface area (Å²) in [7, 11) is 1.37. The summed E-state index contributed by atoms with van der Waals surface area (Å²) in [5.41, 5.74) is 2.87. The molecule has 2 atom stereocenters. The van der Waals surface area contributed by atoms with Crippen LogP contribution in [0.4, 0.5) is 10.5 Å². The lowest BCUT2D eigenvalue weighted by atomic mass is 10.0. The lowest BCUT2D eigenvalue weighted by molar-refractivity contribution is -0.124. The van der Waals surface area contributed by atoms with E-state index in [0.717, 1.165) is 6.08 Å². The van der Waals surface area contributed by atoms with E-state index in [1.165, 1.54) is 25.6 Å². The number of methoxy groups -OCH3 is 1. The molecule has 0 saturated carbocycles. The second kappa shape index (κ2) is 13.0. The molecule has 0 heterocycles. The van der Waals surface area contributed by atoms with Crippen molar-refractivity contribution >= 4 is 23.5 Å². The Morgan fingerprint density at radius 3 is 2.45 bits per heavy atom. The number of nitrogens with one attached hydrogen (secondary N) is 2. The van der Waals surface area contributed by atoms with Crippen molar-refractivity contribution in [1.29, 1.82) is 0 Å². The molecule has 2 amide bonds. The van der Waals surface area contributed by atoms with Crippen LogP contribution in [0.15, 0.2) is 60.7 Å². The Kier molecular flexibility index (Phi) is 10.0. The molecule has 0 aliphatic rings. The third-order valence-corrected chi connectivity index (χ3v) is 4.44. The van der Waals surface area contributed by atoms with Gasteiger partial charge in [-0.3, -0.25) is 20.1 Å². The van der Waals surface area contributed by atoms with Crippen molar-refractivity contribution < 1.29 is 38.9 Å². The average molecular weight is 458 g/mol. The molecule has 2 aromatic rings. The number of anilines is 1. The Bertz CT molecular complexity index is 975. The third-order valence-electron chi connectivity index (χ3n) is 4.44. The lowest BCUT2D eigenvalue weighted by Gasteiger charge is -2.25. The number of benzene rings is 2. The van der Waals surface area contributed by atoms with E-state index in [2.05, 4.69) is 5.32 Å². The van der Waals surface area contributed by atoms with Crippen molar-refractivity contribution in [1.82, 2.24) is 5.48 Å². The van der Waals surface area contributed by atoms with Crippen LogP contribution in [0.2, 0.25) is 0 Å². The zero-order valence-corrected chi connectivity index (χ0v) is 18.2. The van der Waals surface area contributed by atoms with Crippen LogP contribution in [0.5, 0.6) is 5.75 Å². The van der Waals surface area contributed by atoms with Crippen molar-refractivity contribution in [3.05, 3.63) is 71.8 Å². The van der Waals surface area contributed by atoms with Crippen LogP contribution in [0.1, 0.15) is 28.9 Å². The van der Waals surface area contributed by atoms with Gasteiger partial charge in [0.15, 0.2) is 11.9 Å². The van der Waals surface area contributed by atoms with E-state index in [-0.39, 0.29) is 19.0 Å². The topological polar surface area (TPSA) is 143 Å². The monoisotopic (exact) mass is 458 g/mol. The van der Waals surface area contributed by atoms with Crippen LogP contribution in [0, 0.1) is 0 Å². The maximum Gasteiger partial charge on any atom is 0.412 e. The molecule has 2 rings (SSSR count). The molecule has 0 aromatic heterocycles. The van der Waals surface area contributed by atoms with Gasteiger partial charge in [0.1, 0.15) is 18.5 Å². The fraction of sp³-hybridized carbons (Fsp3) is 0.261. The Morgan fingerprint density at radius 2 is 1.85 bits per heavy atom. The molecule has 10 heteroatoms. The molecule has 0 saturated heterocycles. The number of Topliss-reactive ketones (excluding diaryl/α,β-unsaturated/α-hetero) is 1. The molecular weight excluding hydrogens is 432 g/mol. The molecule has 0 aliphatic heterocycles. The second-order valence-corrected chi connectivity index (χ2v) is 6.76. The van der Waals surface area contributed by atoms with Crippen molar-refractivity contribution in [2.45, 2.75) is 19.1 Å². The fourth-order valence-corrected chi connectivity index (χ4v) is 2.84. The summed E-state index contributed by atoms with van der Waals surface area (Å²) in [5.74, 6) is -0.456. The molecule has 0 radical (unpaired) electrons. The average Bonchev–Trinajstić information content (AvgIpc) is 2.82. The number of aliphatic hydroxyl groups is 1. The van der Waals surface area contributed by atoms with Crippen molar-refractivity contribution in [3.8, 4) is 5.75 Å². The van der Waals surface area contributed by atoms with E-state index in [1.807, 2.05) is 0 Å². The first-order valence-electron chi connectivity index (χ1n) is 9.95. The van der Waals surface area contributed by atoms with Gasteiger partial charge in [0.2, 0.25) is 0 Å². The summed E-state index contributed by atoms with van der Waals surface area (Å²) in [4.78, 5) is 35.4. The van der Waals surface area contributed by atoms with Crippen molar-refractivity contribution in [2.24, 2.45) is 0 Å². The Balaban J connectivity index is 2.27. The van der Waals surface area contributed by atoms with Gasteiger partial charge in [-0.25, -0.2) is 10.3 Å². The second-order valence-electron chi connectivity index (χ2n) is 6.76. The zero-order chi connectivity index (χ0) is 24.2. The van der Waals surface area contributed by atoms with Gasteiger partial charge < -0.3 is 19.3 Å². The molecule has 0 bridgehead atoms. The van der Waals surface area contributed by atoms with Crippen LogP contribution < -0.4 is 15.5 Å². The smallest absolute Gasteiger partial charge is 0.412 e. The highest BCUT2D eigenvalue weighted by Crippen LogP contribution is 2.28. The SMILES string of the molecule is CO[C@H](/C=C/C(=O)NO)[C@H](OC(=O)Nc1ccc(C(C)=O)cc1)c1cccc(OCCO)c1. The molecule has 0 unspecified atom stereocenters. The van der Waals surface area contributed by atoms with E-state index in [1.54, 1.807) is 48.5 Å². The molecular formula is C23H26N2O8. The van der Waals surface area contributed by atoms with Crippen molar-refractivity contribution in [3.63, 3.8) is 0 Å². The number of hydroxylamine groups is 1. The maximum atomic E-state index is 12.6. The van der Waals surface area contributed by atoms with Gasteiger partial charge in [-0.15, -0.1) is 0 Å². The third kappa shape index (κ3) is 8.04. The van der Waals surface area contributed by atoms with Gasteiger partial charge in [-0.1, -0.05) is 12.1 Å². The zero-order valence-electron chi connectivity index (χ0n) is 18.2. The minimum Gasteiger partial charge on any atom is -0.491 e. The summed E-state index contributed by atoms with van der Waals surface area (Å²) < 4.78 is 16.4. The molecule has 0 fully saturated rings. The summed E-state index contributed by atoms with van der Waals surface area (Å²) in [6.07, 6.45) is -0.353. The highest BCUT2D eigenvalue weighted by molar-refractivity contribution is 5.95. The first-order valence-corrected chi connectivity index (χ1v) is 9.95. The largest absolute Gasteiger partial charge is 0.491 e. The molecule has 33 heavy (non-hydrogen) atoms. The van der Waals surface area contributed by atoms with Gasteiger partial charge in [-0.2, -0.15) is 0 Å². The van der Waals surface area contributed by atoms with Gasteiger partial charge in [0, 0.05) is 24.4 Å². The molecule has 4 N–H and O–H groups in total. The molecule has 0 spiro atoms. The Labute approximate surface area is 190 Å². The summed E-state index contributed by atoms with van der Waals surface area (Å²) in [6, 6.07) is 12.9. The number of amides is 2. The minimum atomic E-state index is -1.01. The number of carbonyl (C=O) groups excluding carboxylic acids is 3. The van der Waals surface area contributed by atoms with E-state index in [4.69, 9.17) is 24.5 Å². The standard InChI is InChI=1S/C23H26N2O8/c1-15(27)16-6-8-18(9-7-16)24-23(29)33-22(20(31-2)10-11-21(28)25-30)17-4-3-5-19(14-17)32-13-12-26/h3-11,14,20,22,26,30H,12-13H2,1-2H3,(H,24,29)(H,25,28)/b11-10+/t20-,22-/m1/s1. The highest BCUT2D eigenvalue weighted by atomic mass is 16.6. The van der Waals surface area contributed by atoms with Crippen LogP contribution in [0.25, 0.3) is 0 Å². The summed E-state index contributed by atoms with van der Waals surface area (Å²) >= 11 is 0. The van der Waals surface area contributed by atoms with E-state index < -0.39 is 24.2 Å². The first kappa shape index (κ1) is 25.5. The van der Waals surface area contributed by atoms with Gasteiger partial charge in [0.05, 0.1) is 6.61 Å². The van der Waals surface area contributed by atoms with Crippen LogP contribution in [0.3, 0.4) is 0 Å². The number of ketones is 1. The Morgan fingerprint density at radius 1 is 1.12 bits per heavy atom. The lowest BCUT2D eigenvalue weighted by Crippen LogP contribution is -2.27. The maximum absolute atomic E-state index is 12.6. The number of rotatable bonds is 11. The van der Waals surface area contributed by atoms with Crippen LogP contribution in [-0.4, -0.2) is 54.5 Å². The number of ether oxygens (including phenoxy) is 3. The molecule has 176 valence electrons. The minimum absolute atomic E-state index is 0.0794. The molecule has 2 aromatic carbocycles. The molecule has 10 nitrogen and oxygen atoms in total. The number of carbonyl (C=O) groups is 3. The van der Waals surface area contributed by atoms with E-state index in [9.17, 15) is 14.4 Å². The quantitative estimate of drug-likeness (QED) is 0.174. The predicted molar refractivity (Wildman–Crippen MR) is 118 cm³/mol. The number of aliphatic hydroxyl groups excluding tert-OH is 1. The fourth-order valence-electron chi connectivity index (χ4n) is 2.84.